The summed E-state index contributed by atoms with van der Waals surface area (Å²) in [7, 11) is 0. The highest BCUT2D eigenvalue weighted by atomic mass is 16.5. The molecule has 0 unspecified atom stereocenters. The smallest absolute Gasteiger partial charge is 0.305 e. The van der Waals surface area contributed by atoms with Crippen LogP contribution in [0.15, 0.2) is 24.5 Å². The third-order valence-corrected chi connectivity index (χ3v) is 1.45. The number of carbonyl (C=O) groups is 1. The predicted octanol–water partition coefficient (Wildman–Crippen LogP) is 1.32. The molecule has 5 nitrogen and oxygen atoms in total. The SMILES string of the molecule is CCN(O)C(=O)Nc1cccnc1. The predicted molar refractivity (Wildman–Crippen MR) is 47.4 cm³/mol. The van der Waals surface area contributed by atoms with E-state index in [1.807, 2.05) is 0 Å². The van der Waals surface area contributed by atoms with Gasteiger partial charge in [-0.25, -0.2) is 9.86 Å². The molecule has 0 saturated carbocycles. The van der Waals surface area contributed by atoms with E-state index < -0.39 is 6.03 Å². The normalized spacial score (nSPS) is 9.38. The maximum absolute atomic E-state index is 11.1. The monoisotopic (exact) mass is 181 g/mol. The van der Waals surface area contributed by atoms with Crippen molar-refractivity contribution in [2.24, 2.45) is 0 Å². The second-order valence-electron chi connectivity index (χ2n) is 2.39. The van der Waals surface area contributed by atoms with Crippen LogP contribution >= 0.6 is 0 Å². The van der Waals surface area contributed by atoms with Crippen LogP contribution < -0.4 is 5.32 Å². The second-order valence-corrected chi connectivity index (χ2v) is 2.39. The van der Waals surface area contributed by atoms with Crippen LogP contribution in [0.2, 0.25) is 0 Å². The number of rotatable bonds is 2. The van der Waals surface area contributed by atoms with Gasteiger partial charge in [-0.2, -0.15) is 0 Å². The number of pyridine rings is 1. The van der Waals surface area contributed by atoms with E-state index in [9.17, 15) is 4.79 Å². The lowest BCUT2D eigenvalue weighted by molar-refractivity contribution is -0.0324. The van der Waals surface area contributed by atoms with Gasteiger partial charge in [-0.05, 0) is 19.1 Å². The lowest BCUT2D eigenvalue weighted by Crippen LogP contribution is -2.31. The quantitative estimate of drug-likeness (QED) is 0.534. The zero-order valence-corrected chi connectivity index (χ0v) is 7.27. The molecule has 1 aromatic heterocycles. The number of urea groups is 1. The lowest BCUT2D eigenvalue weighted by Gasteiger charge is -2.12. The summed E-state index contributed by atoms with van der Waals surface area (Å²) < 4.78 is 0. The molecule has 70 valence electrons. The van der Waals surface area contributed by atoms with E-state index in [1.54, 1.807) is 25.3 Å². The molecule has 1 rings (SSSR count). The van der Waals surface area contributed by atoms with Gasteiger partial charge in [0.2, 0.25) is 0 Å². The number of nitrogens with zero attached hydrogens (tertiary/aromatic N) is 2. The molecule has 0 aliphatic carbocycles. The summed E-state index contributed by atoms with van der Waals surface area (Å²) in [6.07, 6.45) is 3.10. The van der Waals surface area contributed by atoms with E-state index in [4.69, 9.17) is 5.21 Å². The first-order valence-corrected chi connectivity index (χ1v) is 3.91. The van der Waals surface area contributed by atoms with E-state index in [1.165, 1.54) is 6.20 Å². The number of carbonyl (C=O) groups excluding carboxylic acids is 1. The van der Waals surface area contributed by atoms with Crippen LogP contribution in [0.4, 0.5) is 10.5 Å². The topological polar surface area (TPSA) is 65.5 Å². The maximum atomic E-state index is 11.1. The number of nitrogens with one attached hydrogen (secondary N) is 1. The molecule has 0 atom stereocenters. The van der Waals surface area contributed by atoms with Crippen molar-refractivity contribution in [3.63, 3.8) is 0 Å². The van der Waals surface area contributed by atoms with Gasteiger partial charge < -0.3 is 5.32 Å². The van der Waals surface area contributed by atoms with Crippen LogP contribution in [-0.2, 0) is 0 Å². The van der Waals surface area contributed by atoms with E-state index in [2.05, 4.69) is 10.3 Å². The van der Waals surface area contributed by atoms with Gasteiger partial charge in [-0.1, -0.05) is 0 Å². The summed E-state index contributed by atoms with van der Waals surface area (Å²) in [5.74, 6) is 0. The molecule has 1 aromatic rings. The number of hydrogen-bond acceptors (Lipinski definition) is 3. The number of hydroxylamine groups is 2. The maximum Gasteiger partial charge on any atom is 0.345 e. The van der Waals surface area contributed by atoms with Crippen molar-refractivity contribution in [1.82, 2.24) is 10.0 Å². The number of aromatic nitrogens is 1. The summed E-state index contributed by atoms with van der Waals surface area (Å²) in [5, 5.41) is 12.0. The molecule has 0 radical (unpaired) electrons. The van der Waals surface area contributed by atoms with E-state index in [0.29, 0.717) is 10.8 Å². The van der Waals surface area contributed by atoms with E-state index in [0.717, 1.165) is 0 Å². The number of amides is 2. The first-order valence-electron chi connectivity index (χ1n) is 3.91. The molecule has 0 spiro atoms. The van der Waals surface area contributed by atoms with Crippen molar-refractivity contribution < 1.29 is 10.0 Å². The molecule has 5 heteroatoms. The van der Waals surface area contributed by atoms with Gasteiger partial charge >= 0.3 is 6.03 Å². The third kappa shape index (κ3) is 2.72. The molecule has 0 fully saturated rings. The second kappa shape index (κ2) is 4.42. The molecule has 0 bridgehead atoms. The molecule has 0 aliphatic heterocycles. The summed E-state index contributed by atoms with van der Waals surface area (Å²) in [4.78, 5) is 14.9. The lowest BCUT2D eigenvalue weighted by atomic mass is 10.4. The molecular formula is C8H11N3O2. The summed E-state index contributed by atoms with van der Waals surface area (Å²) in [6, 6.07) is 2.83. The molecule has 0 aromatic carbocycles. The van der Waals surface area contributed by atoms with Crippen LogP contribution in [0.1, 0.15) is 6.92 Å². The van der Waals surface area contributed by atoms with Crippen molar-refractivity contribution in [2.45, 2.75) is 6.92 Å². The Bertz CT molecular complexity index is 276. The van der Waals surface area contributed by atoms with Gasteiger partial charge in [-0.3, -0.25) is 10.2 Å². The van der Waals surface area contributed by atoms with Gasteiger partial charge in [0.1, 0.15) is 0 Å². The zero-order valence-electron chi connectivity index (χ0n) is 7.27. The Labute approximate surface area is 76.0 Å². The van der Waals surface area contributed by atoms with Crippen molar-refractivity contribution in [1.29, 1.82) is 0 Å². The van der Waals surface area contributed by atoms with Gasteiger partial charge in [0.05, 0.1) is 11.9 Å². The van der Waals surface area contributed by atoms with Gasteiger partial charge in [0.25, 0.3) is 0 Å². The van der Waals surface area contributed by atoms with Gasteiger partial charge in [0.15, 0.2) is 0 Å². The van der Waals surface area contributed by atoms with Crippen molar-refractivity contribution in [3.05, 3.63) is 24.5 Å². The zero-order chi connectivity index (χ0) is 9.68. The van der Waals surface area contributed by atoms with Crippen LogP contribution in [0.3, 0.4) is 0 Å². The van der Waals surface area contributed by atoms with E-state index in [-0.39, 0.29) is 6.54 Å². The standard InChI is InChI=1S/C8H11N3O2/c1-2-11(13)8(12)10-7-4-3-5-9-6-7/h3-6,13H,2H2,1H3,(H,10,12). The summed E-state index contributed by atoms with van der Waals surface area (Å²) >= 11 is 0. The van der Waals surface area contributed by atoms with Gasteiger partial charge in [-0.15, -0.1) is 0 Å². The fourth-order valence-corrected chi connectivity index (χ4v) is 0.768. The minimum absolute atomic E-state index is 0.242. The van der Waals surface area contributed by atoms with Crippen LogP contribution in [-0.4, -0.2) is 27.8 Å². The highest BCUT2D eigenvalue weighted by molar-refractivity contribution is 5.88. The highest BCUT2D eigenvalue weighted by Gasteiger charge is 2.07. The fourth-order valence-electron chi connectivity index (χ4n) is 0.768. The minimum Gasteiger partial charge on any atom is -0.305 e. The Morgan fingerprint density at radius 2 is 2.54 bits per heavy atom. The molecule has 0 aliphatic rings. The van der Waals surface area contributed by atoms with E-state index >= 15 is 0 Å². The highest BCUT2D eigenvalue weighted by Crippen LogP contribution is 2.03. The van der Waals surface area contributed by atoms with Crippen molar-refractivity contribution in [2.75, 3.05) is 11.9 Å². The molecule has 13 heavy (non-hydrogen) atoms. The average molecular weight is 181 g/mol. The molecular weight excluding hydrogens is 170 g/mol. The van der Waals surface area contributed by atoms with Crippen molar-refractivity contribution in [3.8, 4) is 0 Å². The van der Waals surface area contributed by atoms with Crippen LogP contribution in [0.25, 0.3) is 0 Å². The third-order valence-electron chi connectivity index (χ3n) is 1.45. The van der Waals surface area contributed by atoms with Crippen LogP contribution in [0, 0.1) is 0 Å². The molecule has 1 heterocycles. The first-order chi connectivity index (χ1) is 6.24. The Morgan fingerprint density at radius 3 is 3.08 bits per heavy atom. The van der Waals surface area contributed by atoms with Crippen LogP contribution in [0.5, 0.6) is 0 Å². The Kier molecular flexibility index (Phi) is 3.22. The largest absolute Gasteiger partial charge is 0.345 e. The Hall–Kier alpha value is -1.62. The van der Waals surface area contributed by atoms with Crippen molar-refractivity contribution >= 4 is 11.7 Å². The summed E-state index contributed by atoms with van der Waals surface area (Å²) in [5.41, 5.74) is 0.556. The minimum atomic E-state index is -0.560. The first kappa shape index (κ1) is 9.47. The molecule has 2 amide bonds. The summed E-state index contributed by atoms with van der Waals surface area (Å²) in [6.45, 7) is 1.91. The fraction of sp³-hybridized carbons (Fsp3) is 0.250. The number of hydrogen-bond donors (Lipinski definition) is 2. The Balaban J connectivity index is 2.55. The molecule has 0 saturated heterocycles. The average Bonchev–Trinajstić information content (AvgIpc) is 2.18. The number of anilines is 1. The Morgan fingerprint density at radius 1 is 1.77 bits per heavy atom. The molecule has 2 N–H and O–H groups in total. The van der Waals surface area contributed by atoms with Gasteiger partial charge in [0, 0.05) is 12.7 Å².